The molecule has 0 atom stereocenters. The second-order valence-corrected chi connectivity index (χ2v) is 4.98. The molecule has 3 nitrogen and oxygen atoms in total. The van der Waals surface area contributed by atoms with Crippen LogP contribution in [0.4, 0.5) is 5.82 Å². The second kappa shape index (κ2) is 5.96. The molecule has 0 spiro atoms. The number of benzene rings is 1. The minimum Gasteiger partial charge on any atom is -0.373 e. The van der Waals surface area contributed by atoms with Gasteiger partial charge in [0.2, 0.25) is 0 Å². The van der Waals surface area contributed by atoms with E-state index in [4.69, 9.17) is 0 Å². The van der Waals surface area contributed by atoms with Crippen molar-refractivity contribution in [2.24, 2.45) is 0 Å². The molecule has 0 unspecified atom stereocenters. The van der Waals surface area contributed by atoms with Crippen molar-refractivity contribution in [3.05, 3.63) is 40.6 Å². The van der Waals surface area contributed by atoms with Gasteiger partial charge in [0.1, 0.15) is 11.6 Å². The van der Waals surface area contributed by atoms with Crippen LogP contribution in [0, 0.1) is 0 Å². The third-order valence-electron chi connectivity index (χ3n) is 2.64. The van der Waals surface area contributed by atoms with Gasteiger partial charge < -0.3 is 5.32 Å². The molecule has 2 aromatic rings. The lowest BCUT2D eigenvalue weighted by Gasteiger charge is -2.07. The highest BCUT2D eigenvalue weighted by molar-refractivity contribution is 9.10. The maximum absolute atomic E-state index is 4.60. The highest BCUT2D eigenvalue weighted by atomic mass is 79.9. The summed E-state index contributed by atoms with van der Waals surface area (Å²) in [5.74, 6) is 1.76. The molecule has 4 heteroatoms. The fourth-order valence-corrected chi connectivity index (χ4v) is 1.99. The van der Waals surface area contributed by atoms with Gasteiger partial charge in [0, 0.05) is 29.6 Å². The molecule has 1 N–H and O–H groups in total. The molecule has 1 aromatic heterocycles. The van der Waals surface area contributed by atoms with Gasteiger partial charge in [-0.2, -0.15) is 0 Å². The molecule has 0 saturated heterocycles. The average Bonchev–Trinajstić information content (AvgIpc) is 2.39. The number of nitrogens with zero attached hydrogens (tertiary/aromatic N) is 2. The van der Waals surface area contributed by atoms with Crippen LogP contribution in [-0.2, 0) is 6.42 Å². The largest absolute Gasteiger partial charge is 0.373 e. The van der Waals surface area contributed by atoms with Gasteiger partial charge in [0.05, 0.1) is 5.69 Å². The molecule has 18 heavy (non-hydrogen) atoms. The molecule has 0 fully saturated rings. The van der Waals surface area contributed by atoms with E-state index in [1.54, 1.807) is 0 Å². The van der Waals surface area contributed by atoms with Gasteiger partial charge in [-0.3, -0.25) is 0 Å². The third-order valence-corrected chi connectivity index (χ3v) is 3.17. The summed E-state index contributed by atoms with van der Waals surface area (Å²) in [5, 5.41) is 3.09. The first kappa shape index (κ1) is 13.0. The van der Waals surface area contributed by atoms with E-state index in [0.717, 1.165) is 40.2 Å². The summed E-state index contributed by atoms with van der Waals surface area (Å²) in [7, 11) is 1.88. The predicted molar refractivity (Wildman–Crippen MR) is 78.7 cm³/mol. The lowest BCUT2D eigenvalue weighted by Crippen LogP contribution is -2.01. The monoisotopic (exact) mass is 305 g/mol. The summed E-state index contributed by atoms with van der Waals surface area (Å²) < 4.78 is 1.07. The lowest BCUT2D eigenvalue weighted by atomic mass is 10.1. The normalized spacial score (nSPS) is 10.4. The Hall–Kier alpha value is -1.42. The summed E-state index contributed by atoms with van der Waals surface area (Å²) in [4.78, 5) is 9.06. The van der Waals surface area contributed by atoms with E-state index in [2.05, 4.69) is 50.3 Å². The standard InChI is InChI=1S/C14H16BrN3/c1-3-4-13-17-12(9-14(16-2)18-13)10-5-7-11(15)8-6-10/h5-9H,3-4H2,1-2H3,(H,16,17,18). The van der Waals surface area contributed by atoms with Crippen LogP contribution in [0.5, 0.6) is 0 Å². The van der Waals surface area contributed by atoms with Crippen LogP contribution in [0.3, 0.4) is 0 Å². The molecule has 1 aromatic carbocycles. The Morgan fingerprint density at radius 2 is 1.89 bits per heavy atom. The van der Waals surface area contributed by atoms with Crippen molar-refractivity contribution in [3.8, 4) is 11.3 Å². The van der Waals surface area contributed by atoms with E-state index in [9.17, 15) is 0 Å². The molecule has 2 rings (SSSR count). The van der Waals surface area contributed by atoms with Gasteiger partial charge in [-0.15, -0.1) is 0 Å². The van der Waals surface area contributed by atoms with Crippen LogP contribution in [-0.4, -0.2) is 17.0 Å². The number of nitrogens with one attached hydrogen (secondary N) is 1. The first-order valence-corrected chi connectivity index (χ1v) is 6.84. The van der Waals surface area contributed by atoms with E-state index in [-0.39, 0.29) is 0 Å². The topological polar surface area (TPSA) is 37.8 Å². The lowest BCUT2D eigenvalue weighted by molar-refractivity contribution is 0.838. The summed E-state index contributed by atoms with van der Waals surface area (Å²) in [5.41, 5.74) is 2.07. The average molecular weight is 306 g/mol. The van der Waals surface area contributed by atoms with Gasteiger partial charge in [-0.1, -0.05) is 35.0 Å². The Morgan fingerprint density at radius 3 is 2.50 bits per heavy atom. The zero-order valence-electron chi connectivity index (χ0n) is 10.6. The Balaban J connectivity index is 2.42. The molecular formula is C14H16BrN3. The maximum Gasteiger partial charge on any atom is 0.131 e. The van der Waals surface area contributed by atoms with E-state index in [0.29, 0.717) is 0 Å². The van der Waals surface area contributed by atoms with Gasteiger partial charge >= 0.3 is 0 Å². The van der Waals surface area contributed by atoms with E-state index >= 15 is 0 Å². The van der Waals surface area contributed by atoms with Crippen LogP contribution in [0.1, 0.15) is 19.2 Å². The predicted octanol–water partition coefficient (Wildman–Crippen LogP) is 3.90. The van der Waals surface area contributed by atoms with Crippen molar-refractivity contribution in [1.82, 2.24) is 9.97 Å². The Kier molecular flexibility index (Phi) is 4.31. The van der Waals surface area contributed by atoms with Crippen LogP contribution in [0.15, 0.2) is 34.8 Å². The summed E-state index contributed by atoms with van der Waals surface area (Å²) in [6, 6.07) is 10.1. The minimum absolute atomic E-state index is 0.867. The molecular weight excluding hydrogens is 290 g/mol. The Bertz CT molecular complexity index is 523. The molecule has 0 amide bonds. The molecule has 0 aliphatic heterocycles. The fraction of sp³-hybridized carbons (Fsp3) is 0.286. The summed E-state index contributed by atoms with van der Waals surface area (Å²) in [6.07, 6.45) is 1.95. The molecule has 0 bridgehead atoms. The van der Waals surface area contributed by atoms with Gasteiger partial charge in [0.15, 0.2) is 0 Å². The zero-order valence-corrected chi connectivity index (χ0v) is 12.2. The number of hydrogen-bond donors (Lipinski definition) is 1. The Morgan fingerprint density at radius 1 is 1.17 bits per heavy atom. The molecule has 0 radical (unpaired) electrons. The Labute approximate surface area is 116 Å². The second-order valence-electron chi connectivity index (χ2n) is 4.06. The van der Waals surface area contributed by atoms with Crippen LogP contribution >= 0.6 is 15.9 Å². The number of rotatable bonds is 4. The SMILES string of the molecule is CCCc1nc(NC)cc(-c2ccc(Br)cc2)n1. The first-order chi connectivity index (χ1) is 8.72. The molecule has 1 heterocycles. The molecule has 94 valence electrons. The van der Waals surface area contributed by atoms with E-state index < -0.39 is 0 Å². The number of halogens is 1. The maximum atomic E-state index is 4.60. The highest BCUT2D eigenvalue weighted by Crippen LogP contribution is 2.22. The third kappa shape index (κ3) is 3.07. The number of hydrogen-bond acceptors (Lipinski definition) is 3. The minimum atomic E-state index is 0.867. The summed E-state index contributed by atoms with van der Waals surface area (Å²) >= 11 is 3.44. The van der Waals surface area contributed by atoms with E-state index in [1.165, 1.54) is 0 Å². The van der Waals surface area contributed by atoms with Crippen LogP contribution < -0.4 is 5.32 Å². The van der Waals surface area contributed by atoms with Crippen LogP contribution in [0.2, 0.25) is 0 Å². The molecule has 0 saturated carbocycles. The van der Waals surface area contributed by atoms with Gasteiger partial charge in [0.25, 0.3) is 0 Å². The van der Waals surface area contributed by atoms with Gasteiger partial charge in [-0.25, -0.2) is 9.97 Å². The van der Waals surface area contributed by atoms with E-state index in [1.807, 2.05) is 25.2 Å². The number of aryl methyl sites for hydroxylation is 1. The first-order valence-electron chi connectivity index (χ1n) is 6.04. The quantitative estimate of drug-likeness (QED) is 0.931. The van der Waals surface area contributed by atoms with Crippen LogP contribution in [0.25, 0.3) is 11.3 Å². The van der Waals surface area contributed by atoms with Crippen molar-refractivity contribution in [2.75, 3.05) is 12.4 Å². The van der Waals surface area contributed by atoms with Gasteiger partial charge in [-0.05, 0) is 18.6 Å². The number of anilines is 1. The van der Waals surface area contributed by atoms with Crippen molar-refractivity contribution in [1.29, 1.82) is 0 Å². The van der Waals surface area contributed by atoms with Crippen molar-refractivity contribution >= 4 is 21.7 Å². The van der Waals surface area contributed by atoms with Crippen molar-refractivity contribution in [2.45, 2.75) is 19.8 Å². The van der Waals surface area contributed by atoms with Crippen molar-refractivity contribution in [3.63, 3.8) is 0 Å². The van der Waals surface area contributed by atoms with Crippen molar-refractivity contribution < 1.29 is 0 Å². The fourth-order valence-electron chi connectivity index (χ4n) is 1.73. The summed E-state index contributed by atoms with van der Waals surface area (Å²) in [6.45, 7) is 2.13. The highest BCUT2D eigenvalue weighted by Gasteiger charge is 2.05. The smallest absolute Gasteiger partial charge is 0.131 e. The zero-order chi connectivity index (χ0) is 13.0. The number of aromatic nitrogens is 2. The molecule has 0 aliphatic carbocycles. The molecule has 0 aliphatic rings.